The van der Waals surface area contributed by atoms with E-state index in [9.17, 15) is 0 Å². The molecule has 0 fully saturated rings. The molecular formula is C18H16BrN. The largest absolute Gasteiger partial charge is 0.256 e. The van der Waals surface area contributed by atoms with Crippen molar-refractivity contribution in [3.05, 3.63) is 65.4 Å². The number of aromatic nitrogens is 1. The molecule has 0 saturated carbocycles. The fourth-order valence-electron chi connectivity index (χ4n) is 2.78. The molecule has 2 aromatic carbocycles. The maximum absolute atomic E-state index is 4.69. The number of nitrogens with zero attached hydrogens (tertiary/aromatic N) is 1. The molecule has 3 aromatic rings. The van der Waals surface area contributed by atoms with Crippen LogP contribution in [0.4, 0.5) is 0 Å². The van der Waals surface area contributed by atoms with Gasteiger partial charge in [-0.2, -0.15) is 0 Å². The average Bonchev–Trinajstić information content (AvgIpc) is 2.47. The van der Waals surface area contributed by atoms with E-state index in [0.29, 0.717) is 0 Å². The van der Waals surface area contributed by atoms with Crippen molar-refractivity contribution >= 4 is 26.7 Å². The Balaban J connectivity index is 2.42. The van der Waals surface area contributed by atoms with Crippen LogP contribution in [0.1, 0.15) is 16.7 Å². The topological polar surface area (TPSA) is 12.9 Å². The van der Waals surface area contributed by atoms with Gasteiger partial charge in [-0.15, -0.1) is 0 Å². The summed E-state index contributed by atoms with van der Waals surface area (Å²) in [6.07, 6.45) is 1.90. The first kappa shape index (κ1) is 13.3. The van der Waals surface area contributed by atoms with Gasteiger partial charge >= 0.3 is 0 Å². The number of aryl methyl sites for hydroxylation is 2. The number of pyridine rings is 1. The van der Waals surface area contributed by atoms with Crippen LogP contribution in [0.25, 0.3) is 22.0 Å². The lowest BCUT2D eigenvalue weighted by molar-refractivity contribution is 1.29. The molecule has 1 heterocycles. The first-order chi connectivity index (χ1) is 9.72. The van der Waals surface area contributed by atoms with Gasteiger partial charge in [-0.1, -0.05) is 52.3 Å². The molecule has 1 aromatic heterocycles. The van der Waals surface area contributed by atoms with Crippen LogP contribution < -0.4 is 0 Å². The van der Waals surface area contributed by atoms with Crippen LogP contribution in [0.2, 0.25) is 0 Å². The van der Waals surface area contributed by atoms with Gasteiger partial charge in [0.05, 0.1) is 5.69 Å². The first-order valence-electron chi connectivity index (χ1n) is 6.71. The smallest absolute Gasteiger partial charge is 0.0788 e. The Labute approximate surface area is 127 Å². The number of rotatable bonds is 2. The van der Waals surface area contributed by atoms with E-state index in [1.54, 1.807) is 0 Å². The summed E-state index contributed by atoms with van der Waals surface area (Å²) in [7, 11) is 0. The third kappa shape index (κ3) is 2.14. The van der Waals surface area contributed by atoms with E-state index in [4.69, 9.17) is 0 Å². The minimum Gasteiger partial charge on any atom is -0.256 e. The molecule has 0 aliphatic carbocycles. The Hall–Kier alpha value is -1.67. The lowest BCUT2D eigenvalue weighted by atomic mass is 9.94. The lowest BCUT2D eigenvalue weighted by Gasteiger charge is -2.14. The molecule has 0 N–H and O–H groups in total. The molecule has 0 radical (unpaired) electrons. The van der Waals surface area contributed by atoms with Crippen LogP contribution in [0.3, 0.4) is 0 Å². The number of hydrogen-bond acceptors (Lipinski definition) is 1. The molecule has 1 nitrogen and oxygen atoms in total. The summed E-state index contributed by atoms with van der Waals surface area (Å²) in [5, 5.41) is 3.35. The van der Waals surface area contributed by atoms with E-state index in [1.807, 2.05) is 6.20 Å². The fraction of sp³-hybridized carbons (Fsp3) is 0.167. The lowest BCUT2D eigenvalue weighted by Crippen LogP contribution is -1.95. The van der Waals surface area contributed by atoms with Gasteiger partial charge in [0.25, 0.3) is 0 Å². The number of alkyl halides is 1. The van der Waals surface area contributed by atoms with Crippen molar-refractivity contribution in [2.24, 2.45) is 0 Å². The van der Waals surface area contributed by atoms with Crippen molar-refractivity contribution in [3.63, 3.8) is 0 Å². The highest BCUT2D eigenvalue weighted by Crippen LogP contribution is 2.34. The maximum Gasteiger partial charge on any atom is 0.0788 e. The van der Waals surface area contributed by atoms with Crippen molar-refractivity contribution in [2.75, 3.05) is 0 Å². The SMILES string of the molecule is Cc1cccc(CBr)c1-c1nccc2cccc(C)c12. The van der Waals surface area contributed by atoms with E-state index in [2.05, 4.69) is 77.2 Å². The molecule has 0 atom stereocenters. The Morgan fingerprint density at radius 1 is 0.950 bits per heavy atom. The summed E-state index contributed by atoms with van der Waals surface area (Å²) in [4.78, 5) is 4.69. The molecule has 0 aliphatic heterocycles. The van der Waals surface area contributed by atoms with Gasteiger partial charge in [-0.3, -0.25) is 4.98 Å². The Kier molecular flexibility index (Phi) is 3.58. The third-order valence-corrected chi connectivity index (χ3v) is 4.34. The molecule has 0 unspecified atom stereocenters. The third-order valence-electron chi connectivity index (χ3n) is 3.74. The van der Waals surface area contributed by atoms with Gasteiger partial charge in [0, 0.05) is 22.5 Å². The van der Waals surface area contributed by atoms with Gasteiger partial charge < -0.3 is 0 Å². The van der Waals surface area contributed by atoms with E-state index < -0.39 is 0 Å². The minimum atomic E-state index is 0.841. The second-order valence-corrected chi connectivity index (χ2v) is 5.64. The zero-order valence-electron chi connectivity index (χ0n) is 11.7. The van der Waals surface area contributed by atoms with Crippen molar-refractivity contribution in [3.8, 4) is 11.3 Å². The molecule has 2 heteroatoms. The number of fused-ring (bicyclic) bond motifs is 1. The van der Waals surface area contributed by atoms with Crippen molar-refractivity contribution in [2.45, 2.75) is 19.2 Å². The number of halogens is 1. The van der Waals surface area contributed by atoms with E-state index >= 15 is 0 Å². The van der Waals surface area contributed by atoms with Crippen LogP contribution in [0, 0.1) is 13.8 Å². The summed E-state index contributed by atoms with van der Waals surface area (Å²) in [6.45, 7) is 4.31. The molecular weight excluding hydrogens is 310 g/mol. The Bertz CT molecular complexity index is 772. The molecule has 0 saturated heterocycles. The highest BCUT2D eigenvalue weighted by Gasteiger charge is 2.13. The Morgan fingerprint density at radius 3 is 2.50 bits per heavy atom. The predicted molar refractivity (Wildman–Crippen MR) is 89.3 cm³/mol. The van der Waals surface area contributed by atoms with Crippen LogP contribution in [-0.4, -0.2) is 4.98 Å². The van der Waals surface area contributed by atoms with Gasteiger partial charge in [0.1, 0.15) is 0 Å². The van der Waals surface area contributed by atoms with E-state index in [1.165, 1.54) is 33.0 Å². The van der Waals surface area contributed by atoms with Crippen molar-refractivity contribution < 1.29 is 0 Å². The van der Waals surface area contributed by atoms with Gasteiger partial charge in [0.15, 0.2) is 0 Å². The van der Waals surface area contributed by atoms with Gasteiger partial charge in [-0.25, -0.2) is 0 Å². The maximum atomic E-state index is 4.69. The van der Waals surface area contributed by atoms with Crippen LogP contribution in [-0.2, 0) is 5.33 Å². The van der Waals surface area contributed by atoms with Gasteiger partial charge in [-0.05, 0) is 42.0 Å². The summed E-state index contributed by atoms with van der Waals surface area (Å²) < 4.78 is 0. The Morgan fingerprint density at radius 2 is 1.70 bits per heavy atom. The molecule has 0 amide bonds. The predicted octanol–water partition coefficient (Wildman–Crippen LogP) is 5.41. The molecule has 0 bridgehead atoms. The summed E-state index contributed by atoms with van der Waals surface area (Å²) in [5.41, 5.74) is 6.17. The highest BCUT2D eigenvalue weighted by molar-refractivity contribution is 9.08. The van der Waals surface area contributed by atoms with E-state index in [0.717, 1.165) is 11.0 Å². The minimum absolute atomic E-state index is 0.841. The van der Waals surface area contributed by atoms with Crippen LogP contribution >= 0.6 is 15.9 Å². The molecule has 0 aliphatic rings. The zero-order valence-corrected chi connectivity index (χ0v) is 13.2. The zero-order chi connectivity index (χ0) is 14.1. The standard InChI is InChI=1S/C18H16BrN/c1-12-5-3-7-14-9-10-20-18(16(12)14)17-13(2)6-4-8-15(17)11-19/h3-10H,11H2,1-2H3. The van der Waals surface area contributed by atoms with Crippen LogP contribution in [0.15, 0.2) is 48.7 Å². The molecule has 20 heavy (non-hydrogen) atoms. The van der Waals surface area contributed by atoms with Crippen LogP contribution in [0.5, 0.6) is 0 Å². The highest BCUT2D eigenvalue weighted by atomic mass is 79.9. The second kappa shape index (κ2) is 5.37. The van der Waals surface area contributed by atoms with Gasteiger partial charge in [0.2, 0.25) is 0 Å². The average molecular weight is 326 g/mol. The molecule has 0 spiro atoms. The number of benzene rings is 2. The van der Waals surface area contributed by atoms with Crippen molar-refractivity contribution in [1.82, 2.24) is 4.98 Å². The summed E-state index contributed by atoms with van der Waals surface area (Å²) in [5.74, 6) is 0. The fourth-order valence-corrected chi connectivity index (χ4v) is 3.25. The summed E-state index contributed by atoms with van der Waals surface area (Å²) in [6, 6.07) is 14.9. The first-order valence-corrected chi connectivity index (χ1v) is 7.83. The summed E-state index contributed by atoms with van der Waals surface area (Å²) >= 11 is 3.59. The monoisotopic (exact) mass is 325 g/mol. The quantitative estimate of drug-likeness (QED) is 0.574. The molecule has 100 valence electrons. The van der Waals surface area contributed by atoms with E-state index in [-0.39, 0.29) is 0 Å². The molecule has 3 rings (SSSR count). The number of hydrogen-bond donors (Lipinski definition) is 0. The normalized spacial score (nSPS) is 10.9. The second-order valence-electron chi connectivity index (χ2n) is 5.08. The van der Waals surface area contributed by atoms with Crippen molar-refractivity contribution in [1.29, 1.82) is 0 Å².